The van der Waals surface area contributed by atoms with Crippen LogP contribution < -0.4 is 0 Å². The Morgan fingerprint density at radius 2 is 1.62 bits per heavy atom. The van der Waals surface area contributed by atoms with Gasteiger partial charge in [-0.2, -0.15) is 0 Å². The molecule has 4 heteroatoms. The van der Waals surface area contributed by atoms with Crippen LogP contribution in [0, 0.1) is 17.0 Å². The Kier molecular flexibility index (Phi) is 4.38. The van der Waals surface area contributed by atoms with Gasteiger partial charge in [0.25, 0.3) is 0 Å². The molecule has 0 saturated carbocycles. The number of rotatable bonds is 5. The van der Waals surface area contributed by atoms with Gasteiger partial charge in [-0.1, -0.05) is 13.0 Å². The van der Waals surface area contributed by atoms with Crippen molar-refractivity contribution in [1.82, 2.24) is 0 Å². The molecule has 0 aromatic heterocycles. The normalized spacial score (nSPS) is 11.8. The minimum absolute atomic E-state index is 0.00495. The Bertz CT molecular complexity index is 320. The van der Waals surface area contributed by atoms with Crippen molar-refractivity contribution in [3.05, 3.63) is 35.4 Å². The van der Waals surface area contributed by atoms with E-state index in [1.54, 1.807) is 6.92 Å². The third kappa shape index (κ3) is 2.57. The number of aliphatic hydroxyl groups is 2. The lowest BCUT2D eigenvalue weighted by Gasteiger charge is -2.28. The lowest BCUT2D eigenvalue weighted by Crippen LogP contribution is -2.32. The van der Waals surface area contributed by atoms with E-state index in [2.05, 4.69) is 0 Å². The van der Waals surface area contributed by atoms with E-state index < -0.39 is 17.0 Å². The number of hydrogen-bond acceptors (Lipinski definition) is 2. The second kappa shape index (κ2) is 5.37. The second-order valence-corrected chi connectivity index (χ2v) is 4.05. The predicted octanol–water partition coefficient (Wildman–Crippen LogP) is 1.89. The first-order chi connectivity index (χ1) is 7.58. The van der Waals surface area contributed by atoms with Gasteiger partial charge in [0.1, 0.15) is 11.6 Å². The molecule has 1 rings (SSSR count). The van der Waals surface area contributed by atoms with Gasteiger partial charge in [0.05, 0.1) is 13.2 Å². The molecular weight excluding hydrogens is 214 g/mol. The standard InChI is InChI=1S/C12H16F2O2/c1-2-12(7-15,8-16)6-9-10(13)4-3-5-11(9)14/h3-5,15-16H,2,6-8H2,1H3. The van der Waals surface area contributed by atoms with Crippen LogP contribution in [0.2, 0.25) is 0 Å². The first kappa shape index (κ1) is 13.1. The van der Waals surface area contributed by atoms with Crippen LogP contribution in [0.3, 0.4) is 0 Å². The van der Waals surface area contributed by atoms with Gasteiger partial charge in [0.2, 0.25) is 0 Å². The molecule has 2 nitrogen and oxygen atoms in total. The Morgan fingerprint density at radius 3 is 2.00 bits per heavy atom. The number of aliphatic hydroxyl groups excluding tert-OH is 2. The van der Waals surface area contributed by atoms with Crippen molar-refractivity contribution in [2.75, 3.05) is 13.2 Å². The summed E-state index contributed by atoms with van der Waals surface area (Å²) >= 11 is 0. The highest BCUT2D eigenvalue weighted by Crippen LogP contribution is 2.28. The van der Waals surface area contributed by atoms with E-state index in [9.17, 15) is 19.0 Å². The molecule has 0 aliphatic heterocycles. The Balaban J connectivity index is 3.02. The fourth-order valence-corrected chi connectivity index (χ4v) is 1.59. The molecule has 0 amide bonds. The molecular formula is C12H16F2O2. The molecule has 2 N–H and O–H groups in total. The zero-order valence-electron chi connectivity index (χ0n) is 9.21. The average Bonchev–Trinajstić information content (AvgIpc) is 2.30. The molecule has 0 radical (unpaired) electrons. The van der Waals surface area contributed by atoms with E-state index >= 15 is 0 Å². The van der Waals surface area contributed by atoms with Crippen molar-refractivity contribution in [3.8, 4) is 0 Å². The summed E-state index contributed by atoms with van der Waals surface area (Å²) in [6, 6.07) is 3.64. The fraction of sp³-hybridized carbons (Fsp3) is 0.500. The quantitative estimate of drug-likeness (QED) is 0.811. The maximum absolute atomic E-state index is 13.4. The van der Waals surface area contributed by atoms with Crippen LogP contribution >= 0.6 is 0 Å². The molecule has 90 valence electrons. The lowest BCUT2D eigenvalue weighted by molar-refractivity contribution is 0.0500. The molecule has 0 aliphatic carbocycles. The molecule has 0 saturated heterocycles. The van der Waals surface area contributed by atoms with Crippen LogP contribution in [0.15, 0.2) is 18.2 Å². The van der Waals surface area contributed by atoms with E-state index in [1.165, 1.54) is 18.2 Å². The van der Waals surface area contributed by atoms with Gasteiger partial charge >= 0.3 is 0 Å². The van der Waals surface area contributed by atoms with Crippen LogP contribution in [0.5, 0.6) is 0 Å². The zero-order chi connectivity index (χ0) is 12.2. The summed E-state index contributed by atoms with van der Waals surface area (Å²) in [4.78, 5) is 0. The molecule has 0 unspecified atom stereocenters. The highest BCUT2D eigenvalue weighted by atomic mass is 19.1. The topological polar surface area (TPSA) is 40.5 Å². The summed E-state index contributed by atoms with van der Waals surface area (Å²) in [6.07, 6.45) is 0.447. The highest BCUT2D eigenvalue weighted by molar-refractivity contribution is 5.21. The van der Waals surface area contributed by atoms with E-state index in [-0.39, 0.29) is 25.2 Å². The van der Waals surface area contributed by atoms with Crippen molar-refractivity contribution in [2.24, 2.45) is 5.41 Å². The first-order valence-electron chi connectivity index (χ1n) is 5.23. The summed E-state index contributed by atoms with van der Waals surface area (Å²) in [5.74, 6) is -1.28. The summed E-state index contributed by atoms with van der Waals surface area (Å²) in [6.45, 7) is 1.17. The fourth-order valence-electron chi connectivity index (χ4n) is 1.59. The van der Waals surface area contributed by atoms with Gasteiger partial charge in [-0.3, -0.25) is 0 Å². The summed E-state index contributed by atoms with van der Waals surface area (Å²) in [7, 11) is 0. The van der Waals surface area contributed by atoms with Gasteiger partial charge < -0.3 is 10.2 Å². The number of benzene rings is 1. The average molecular weight is 230 g/mol. The van der Waals surface area contributed by atoms with Gasteiger partial charge in [0, 0.05) is 11.0 Å². The number of halogens is 2. The Labute approximate surface area is 93.5 Å². The van der Waals surface area contributed by atoms with Gasteiger partial charge in [0.15, 0.2) is 0 Å². The maximum Gasteiger partial charge on any atom is 0.129 e. The van der Waals surface area contributed by atoms with Crippen LogP contribution in [0.25, 0.3) is 0 Å². The SMILES string of the molecule is CCC(CO)(CO)Cc1c(F)cccc1F. The third-order valence-corrected chi connectivity index (χ3v) is 3.03. The minimum Gasteiger partial charge on any atom is -0.396 e. The van der Waals surface area contributed by atoms with Crippen molar-refractivity contribution in [3.63, 3.8) is 0 Å². The van der Waals surface area contributed by atoms with Gasteiger partial charge in [-0.15, -0.1) is 0 Å². The van der Waals surface area contributed by atoms with Crippen LogP contribution in [0.4, 0.5) is 8.78 Å². The number of hydrogen-bond donors (Lipinski definition) is 2. The maximum atomic E-state index is 13.4. The molecule has 0 bridgehead atoms. The molecule has 0 aliphatic rings. The van der Waals surface area contributed by atoms with Gasteiger partial charge in [-0.05, 0) is 25.0 Å². The van der Waals surface area contributed by atoms with Crippen LogP contribution in [0.1, 0.15) is 18.9 Å². The minimum atomic E-state index is -0.858. The molecule has 1 aromatic rings. The Morgan fingerprint density at radius 1 is 1.12 bits per heavy atom. The smallest absolute Gasteiger partial charge is 0.129 e. The van der Waals surface area contributed by atoms with E-state index in [0.29, 0.717) is 6.42 Å². The van der Waals surface area contributed by atoms with E-state index in [1.807, 2.05) is 0 Å². The van der Waals surface area contributed by atoms with Crippen molar-refractivity contribution >= 4 is 0 Å². The molecule has 0 heterocycles. The van der Waals surface area contributed by atoms with Crippen molar-refractivity contribution < 1.29 is 19.0 Å². The molecule has 1 aromatic carbocycles. The third-order valence-electron chi connectivity index (χ3n) is 3.03. The summed E-state index contributed by atoms with van der Waals surface area (Å²) in [5, 5.41) is 18.4. The molecule has 16 heavy (non-hydrogen) atoms. The van der Waals surface area contributed by atoms with E-state index in [0.717, 1.165) is 0 Å². The highest BCUT2D eigenvalue weighted by Gasteiger charge is 2.29. The van der Waals surface area contributed by atoms with Gasteiger partial charge in [-0.25, -0.2) is 8.78 Å². The zero-order valence-corrected chi connectivity index (χ0v) is 9.21. The molecule has 0 spiro atoms. The summed E-state index contributed by atoms with van der Waals surface area (Å²) in [5.41, 5.74) is -0.935. The summed E-state index contributed by atoms with van der Waals surface area (Å²) < 4.78 is 26.8. The van der Waals surface area contributed by atoms with Crippen molar-refractivity contribution in [2.45, 2.75) is 19.8 Å². The first-order valence-corrected chi connectivity index (χ1v) is 5.23. The van der Waals surface area contributed by atoms with E-state index in [4.69, 9.17) is 0 Å². The Hall–Kier alpha value is -1.00. The van der Waals surface area contributed by atoms with Crippen LogP contribution in [-0.2, 0) is 6.42 Å². The largest absolute Gasteiger partial charge is 0.396 e. The molecule has 0 fully saturated rings. The molecule has 0 atom stereocenters. The predicted molar refractivity (Wildman–Crippen MR) is 57.0 cm³/mol. The lowest BCUT2D eigenvalue weighted by atomic mass is 9.80. The monoisotopic (exact) mass is 230 g/mol. The van der Waals surface area contributed by atoms with Crippen LogP contribution in [-0.4, -0.2) is 23.4 Å². The second-order valence-electron chi connectivity index (χ2n) is 4.05. The van der Waals surface area contributed by atoms with Crippen molar-refractivity contribution in [1.29, 1.82) is 0 Å².